The van der Waals surface area contributed by atoms with Crippen molar-refractivity contribution in [3.05, 3.63) is 60.2 Å². The van der Waals surface area contributed by atoms with Crippen molar-refractivity contribution in [3.63, 3.8) is 0 Å². The minimum absolute atomic E-state index is 0.196. The number of hydrogen-bond acceptors (Lipinski definition) is 9. The summed E-state index contributed by atoms with van der Waals surface area (Å²) >= 11 is 0. The van der Waals surface area contributed by atoms with Crippen LogP contribution in [0.3, 0.4) is 0 Å². The summed E-state index contributed by atoms with van der Waals surface area (Å²) in [5.41, 5.74) is 3.62. The average Bonchev–Trinajstić information content (AvgIpc) is 3.61. The largest absolute Gasteiger partial charge is 0.490 e. The molecule has 11 nitrogen and oxygen atoms in total. The van der Waals surface area contributed by atoms with Crippen molar-refractivity contribution in [3.8, 4) is 23.0 Å². The molecule has 1 aliphatic heterocycles. The van der Waals surface area contributed by atoms with Gasteiger partial charge in [-0.2, -0.15) is 4.98 Å². The first-order valence-corrected chi connectivity index (χ1v) is 15.3. The van der Waals surface area contributed by atoms with Gasteiger partial charge in [-0.3, -0.25) is 9.88 Å². The van der Waals surface area contributed by atoms with Crippen LogP contribution in [0.5, 0.6) is 11.6 Å². The van der Waals surface area contributed by atoms with Gasteiger partial charge in [0.25, 0.3) is 0 Å². The van der Waals surface area contributed by atoms with E-state index in [1.54, 1.807) is 17.4 Å². The van der Waals surface area contributed by atoms with Crippen molar-refractivity contribution in [2.24, 2.45) is 0 Å². The molecule has 6 rings (SSSR count). The number of aromatic nitrogens is 5. The molecule has 2 aliphatic rings. The summed E-state index contributed by atoms with van der Waals surface area (Å²) < 4.78 is 20.2. The predicted molar refractivity (Wildman–Crippen MR) is 167 cm³/mol. The van der Waals surface area contributed by atoms with Crippen LogP contribution in [-0.4, -0.2) is 90.9 Å². The lowest BCUT2D eigenvalue weighted by molar-refractivity contribution is 0.0137. The van der Waals surface area contributed by atoms with Gasteiger partial charge in [0.1, 0.15) is 35.7 Å². The number of carbonyl (C=O) groups is 1. The third-order valence-corrected chi connectivity index (χ3v) is 8.08. The van der Waals surface area contributed by atoms with Gasteiger partial charge in [-0.25, -0.2) is 14.8 Å². The smallest absolute Gasteiger partial charge is 0.410 e. The zero-order chi connectivity index (χ0) is 30.9. The lowest BCUT2D eigenvalue weighted by Crippen LogP contribution is -2.50. The standard InChI is InChI=1S/C33H41N7O4/c1-23-25(19-34-20-26(23)42-18-17-38-13-15-39(16-14-38)31(41)44-32(2,3)4)28-37-27-29(40(28)21-24-9-7-6-8-10-24)35-22-36-30(27)43-33(5)11-12-33/h6-10,19-20,22H,11-18,21H2,1-5H3. The molecular formula is C33H41N7O4. The highest BCUT2D eigenvalue weighted by Gasteiger charge is 2.41. The van der Waals surface area contributed by atoms with Crippen LogP contribution in [0.1, 0.15) is 51.7 Å². The summed E-state index contributed by atoms with van der Waals surface area (Å²) in [4.78, 5) is 35.2. The van der Waals surface area contributed by atoms with E-state index in [4.69, 9.17) is 19.2 Å². The van der Waals surface area contributed by atoms with Gasteiger partial charge in [-0.1, -0.05) is 30.3 Å². The van der Waals surface area contributed by atoms with E-state index in [0.717, 1.165) is 55.0 Å². The summed E-state index contributed by atoms with van der Waals surface area (Å²) in [5, 5.41) is 0. The molecule has 0 atom stereocenters. The van der Waals surface area contributed by atoms with E-state index < -0.39 is 5.60 Å². The third-order valence-electron chi connectivity index (χ3n) is 8.08. The molecule has 0 N–H and O–H groups in total. The van der Waals surface area contributed by atoms with Crippen molar-refractivity contribution in [2.75, 3.05) is 39.3 Å². The Labute approximate surface area is 258 Å². The summed E-state index contributed by atoms with van der Waals surface area (Å²) in [6, 6.07) is 10.3. The van der Waals surface area contributed by atoms with Crippen LogP contribution in [0.25, 0.3) is 22.6 Å². The number of fused-ring (bicyclic) bond motifs is 1. The molecule has 0 spiro atoms. The van der Waals surface area contributed by atoms with Crippen LogP contribution >= 0.6 is 0 Å². The molecule has 1 aliphatic carbocycles. The van der Waals surface area contributed by atoms with E-state index >= 15 is 0 Å². The number of imidazole rings is 1. The molecular weight excluding hydrogens is 558 g/mol. The molecule has 3 aromatic heterocycles. The molecule has 4 heterocycles. The molecule has 2 fully saturated rings. The van der Waals surface area contributed by atoms with Gasteiger partial charge < -0.3 is 23.7 Å². The van der Waals surface area contributed by atoms with Gasteiger partial charge >= 0.3 is 6.09 Å². The van der Waals surface area contributed by atoms with Crippen LogP contribution in [-0.2, 0) is 11.3 Å². The van der Waals surface area contributed by atoms with E-state index in [1.807, 2.05) is 52.1 Å². The zero-order valence-corrected chi connectivity index (χ0v) is 26.2. The first-order valence-electron chi connectivity index (χ1n) is 15.3. The monoisotopic (exact) mass is 599 g/mol. The van der Waals surface area contributed by atoms with Crippen LogP contribution in [0.2, 0.25) is 0 Å². The molecule has 232 valence electrons. The van der Waals surface area contributed by atoms with Crippen LogP contribution in [0, 0.1) is 6.92 Å². The molecule has 1 amide bonds. The van der Waals surface area contributed by atoms with Gasteiger partial charge in [-0.15, -0.1) is 0 Å². The van der Waals surface area contributed by atoms with E-state index in [9.17, 15) is 4.79 Å². The molecule has 0 radical (unpaired) electrons. The molecule has 0 bridgehead atoms. The number of piperazine rings is 1. The Kier molecular flexibility index (Phi) is 8.15. The van der Waals surface area contributed by atoms with E-state index in [0.29, 0.717) is 49.0 Å². The SMILES string of the molecule is Cc1c(OCCN2CCN(C(=O)OC(C)(C)C)CC2)cncc1-c1nc2c(OC3(C)CC3)ncnc2n1Cc1ccccc1. The lowest BCUT2D eigenvalue weighted by atomic mass is 10.1. The number of pyridine rings is 1. The molecule has 1 saturated heterocycles. The van der Waals surface area contributed by atoms with E-state index in [2.05, 4.69) is 43.5 Å². The van der Waals surface area contributed by atoms with Crippen LogP contribution < -0.4 is 9.47 Å². The van der Waals surface area contributed by atoms with Crippen molar-refractivity contribution in [2.45, 2.75) is 65.2 Å². The predicted octanol–water partition coefficient (Wildman–Crippen LogP) is 5.11. The Morgan fingerprint density at radius 3 is 2.48 bits per heavy atom. The highest BCUT2D eigenvalue weighted by atomic mass is 16.6. The van der Waals surface area contributed by atoms with Crippen molar-refractivity contribution < 1.29 is 19.0 Å². The number of rotatable bonds is 9. The normalized spacial score (nSPS) is 16.6. The highest BCUT2D eigenvalue weighted by Crippen LogP contribution is 2.41. The van der Waals surface area contributed by atoms with Gasteiger partial charge in [0.05, 0.1) is 12.7 Å². The lowest BCUT2D eigenvalue weighted by Gasteiger charge is -2.35. The topological polar surface area (TPSA) is 108 Å². The number of hydrogen-bond donors (Lipinski definition) is 0. The molecule has 44 heavy (non-hydrogen) atoms. The molecule has 0 unspecified atom stereocenters. The summed E-state index contributed by atoms with van der Waals surface area (Å²) in [5.74, 6) is 1.96. The van der Waals surface area contributed by atoms with E-state index in [1.165, 1.54) is 0 Å². The molecule has 4 aromatic rings. The average molecular weight is 600 g/mol. The fourth-order valence-corrected chi connectivity index (χ4v) is 5.27. The summed E-state index contributed by atoms with van der Waals surface area (Å²) in [7, 11) is 0. The second kappa shape index (κ2) is 12.0. The van der Waals surface area contributed by atoms with Gasteiger partial charge in [-0.05, 0) is 53.0 Å². The Morgan fingerprint density at radius 2 is 1.77 bits per heavy atom. The fraction of sp³-hybridized carbons (Fsp3) is 0.485. The second-order valence-electron chi connectivity index (χ2n) is 12.9. The fourth-order valence-electron chi connectivity index (χ4n) is 5.27. The van der Waals surface area contributed by atoms with Crippen LogP contribution in [0.15, 0.2) is 49.1 Å². The first-order chi connectivity index (χ1) is 21.1. The van der Waals surface area contributed by atoms with Crippen molar-refractivity contribution >= 4 is 17.3 Å². The summed E-state index contributed by atoms with van der Waals surface area (Å²) in [6.45, 7) is 14.4. The maximum atomic E-state index is 12.4. The maximum Gasteiger partial charge on any atom is 0.410 e. The first kappa shape index (κ1) is 29.8. The van der Waals surface area contributed by atoms with Crippen molar-refractivity contribution in [1.82, 2.24) is 34.3 Å². The second-order valence-corrected chi connectivity index (χ2v) is 12.9. The molecule has 1 aromatic carbocycles. The van der Waals surface area contributed by atoms with Gasteiger partial charge in [0.2, 0.25) is 5.88 Å². The zero-order valence-electron chi connectivity index (χ0n) is 26.2. The van der Waals surface area contributed by atoms with Crippen molar-refractivity contribution in [1.29, 1.82) is 0 Å². The maximum absolute atomic E-state index is 12.4. The Morgan fingerprint density at radius 1 is 1.02 bits per heavy atom. The third kappa shape index (κ3) is 6.77. The van der Waals surface area contributed by atoms with E-state index in [-0.39, 0.29) is 11.7 Å². The quantitative estimate of drug-likeness (QED) is 0.259. The number of benzene rings is 1. The molecule has 1 saturated carbocycles. The Hall–Kier alpha value is -4.25. The van der Waals surface area contributed by atoms with Crippen LogP contribution in [0.4, 0.5) is 4.79 Å². The number of ether oxygens (including phenoxy) is 3. The highest BCUT2D eigenvalue weighted by molar-refractivity contribution is 5.82. The number of nitrogens with zero attached hydrogens (tertiary/aromatic N) is 7. The number of amides is 1. The minimum Gasteiger partial charge on any atom is -0.490 e. The Balaban J connectivity index is 1.19. The minimum atomic E-state index is -0.494. The Bertz CT molecular complexity index is 1620. The van der Waals surface area contributed by atoms with Gasteiger partial charge in [0.15, 0.2) is 11.2 Å². The van der Waals surface area contributed by atoms with Gasteiger partial charge in [0, 0.05) is 50.0 Å². The summed E-state index contributed by atoms with van der Waals surface area (Å²) in [6.07, 6.45) is 6.88. The molecule has 11 heteroatoms. The number of carbonyl (C=O) groups excluding carboxylic acids is 1.